The van der Waals surface area contributed by atoms with E-state index in [1.165, 1.54) is 6.42 Å². The minimum atomic E-state index is 0.354. The first kappa shape index (κ1) is 16.3. The van der Waals surface area contributed by atoms with Gasteiger partial charge >= 0.3 is 0 Å². The molecule has 1 saturated carbocycles. The zero-order valence-corrected chi connectivity index (χ0v) is 12.9. The van der Waals surface area contributed by atoms with E-state index < -0.39 is 0 Å². The zero-order chi connectivity index (χ0) is 14.9. The van der Waals surface area contributed by atoms with Crippen LogP contribution in [-0.2, 0) is 16.0 Å². The molecule has 0 spiro atoms. The fourth-order valence-electron chi connectivity index (χ4n) is 2.69. The van der Waals surface area contributed by atoms with Gasteiger partial charge in [-0.3, -0.25) is 0 Å². The summed E-state index contributed by atoms with van der Waals surface area (Å²) in [6.45, 7) is 2.00. The van der Waals surface area contributed by atoms with E-state index in [1.54, 1.807) is 7.11 Å². The normalized spacial score (nSPS) is 22.2. The molecule has 1 fully saturated rings. The third kappa shape index (κ3) is 5.65. The molecule has 21 heavy (non-hydrogen) atoms. The van der Waals surface area contributed by atoms with Gasteiger partial charge in [0.25, 0.3) is 0 Å². The van der Waals surface area contributed by atoms with Crippen LogP contribution in [0.3, 0.4) is 0 Å². The van der Waals surface area contributed by atoms with Crippen LogP contribution < -0.4 is 10.5 Å². The second kappa shape index (κ2) is 9.03. The maximum absolute atomic E-state index is 5.91. The van der Waals surface area contributed by atoms with Crippen molar-refractivity contribution in [3.63, 3.8) is 0 Å². The summed E-state index contributed by atoms with van der Waals surface area (Å²) in [4.78, 5) is 0. The van der Waals surface area contributed by atoms with Crippen molar-refractivity contribution in [2.45, 2.75) is 50.9 Å². The smallest absolute Gasteiger partial charge is 0.119 e. The molecule has 2 rings (SSSR count). The maximum atomic E-state index is 5.91. The average molecular weight is 293 g/mol. The Morgan fingerprint density at radius 3 is 2.57 bits per heavy atom. The van der Waals surface area contributed by atoms with Crippen LogP contribution in [-0.4, -0.2) is 32.5 Å². The Morgan fingerprint density at radius 2 is 1.86 bits per heavy atom. The third-order valence-electron chi connectivity index (χ3n) is 3.98. The first-order chi connectivity index (χ1) is 10.3. The summed E-state index contributed by atoms with van der Waals surface area (Å²) in [5, 5.41) is 0. The summed E-state index contributed by atoms with van der Waals surface area (Å²) >= 11 is 0. The van der Waals surface area contributed by atoms with Crippen molar-refractivity contribution in [1.29, 1.82) is 0 Å². The summed E-state index contributed by atoms with van der Waals surface area (Å²) in [5.41, 5.74) is 6.68. The highest BCUT2D eigenvalue weighted by Gasteiger charge is 2.21. The molecule has 1 aliphatic carbocycles. The summed E-state index contributed by atoms with van der Waals surface area (Å²) in [5.74, 6) is 0.893. The minimum absolute atomic E-state index is 0.354. The van der Waals surface area contributed by atoms with Crippen LogP contribution >= 0.6 is 0 Å². The number of hydrogen-bond donors (Lipinski definition) is 1. The van der Waals surface area contributed by atoms with Crippen LogP contribution in [0.1, 0.15) is 37.7 Å². The molecule has 1 aromatic carbocycles. The molecule has 4 nitrogen and oxygen atoms in total. The molecule has 0 bridgehead atoms. The number of ether oxygens (including phenoxy) is 3. The van der Waals surface area contributed by atoms with E-state index in [9.17, 15) is 0 Å². The van der Waals surface area contributed by atoms with Gasteiger partial charge in [-0.1, -0.05) is 12.1 Å². The van der Waals surface area contributed by atoms with Crippen LogP contribution in [0, 0.1) is 0 Å². The Kier molecular flexibility index (Phi) is 7.00. The molecule has 0 heterocycles. The van der Waals surface area contributed by atoms with E-state index in [2.05, 4.69) is 0 Å². The van der Waals surface area contributed by atoms with Gasteiger partial charge in [0.05, 0.1) is 25.4 Å². The molecular formula is C17H27NO3. The predicted molar refractivity (Wildman–Crippen MR) is 83.5 cm³/mol. The van der Waals surface area contributed by atoms with Gasteiger partial charge in [0, 0.05) is 20.1 Å². The van der Waals surface area contributed by atoms with E-state index in [-0.39, 0.29) is 0 Å². The minimum Gasteiger partial charge on any atom is -0.494 e. The van der Waals surface area contributed by atoms with Crippen LogP contribution in [0.15, 0.2) is 24.3 Å². The SMILES string of the molecule is COC1CCCC(OCCCOc2ccc(CN)cc2)C1. The second-order valence-electron chi connectivity index (χ2n) is 5.57. The number of hydrogen-bond acceptors (Lipinski definition) is 4. The molecule has 2 atom stereocenters. The fraction of sp³-hybridized carbons (Fsp3) is 0.647. The van der Waals surface area contributed by atoms with E-state index in [0.29, 0.717) is 25.4 Å². The first-order valence-corrected chi connectivity index (χ1v) is 7.88. The Hall–Kier alpha value is -1.10. The summed E-state index contributed by atoms with van der Waals surface area (Å²) < 4.78 is 17.0. The van der Waals surface area contributed by atoms with Gasteiger partial charge in [-0.25, -0.2) is 0 Å². The Bertz CT molecular complexity index is 394. The predicted octanol–water partition coefficient (Wildman–Crippen LogP) is 2.89. The van der Waals surface area contributed by atoms with Crippen LogP contribution in [0.5, 0.6) is 5.75 Å². The van der Waals surface area contributed by atoms with Crippen molar-refractivity contribution in [2.75, 3.05) is 20.3 Å². The van der Waals surface area contributed by atoms with Gasteiger partial charge < -0.3 is 19.9 Å². The van der Waals surface area contributed by atoms with Gasteiger partial charge in [0.1, 0.15) is 5.75 Å². The summed E-state index contributed by atoms with van der Waals surface area (Å²) in [7, 11) is 1.79. The lowest BCUT2D eigenvalue weighted by Gasteiger charge is -2.28. The largest absolute Gasteiger partial charge is 0.494 e. The number of methoxy groups -OCH3 is 1. The summed E-state index contributed by atoms with van der Waals surface area (Å²) in [6.07, 6.45) is 6.19. The molecule has 4 heteroatoms. The molecule has 2 N–H and O–H groups in total. The van der Waals surface area contributed by atoms with Crippen molar-refractivity contribution in [1.82, 2.24) is 0 Å². The van der Waals surface area contributed by atoms with Crippen molar-refractivity contribution in [2.24, 2.45) is 5.73 Å². The summed E-state index contributed by atoms with van der Waals surface area (Å²) in [6, 6.07) is 7.93. The van der Waals surface area contributed by atoms with Crippen LogP contribution in [0.25, 0.3) is 0 Å². The monoisotopic (exact) mass is 293 g/mol. The molecule has 0 aromatic heterocycles. The van der Waals surface area contributed by atoms with Crippen molar-refractivity contribution in [3.05, 3.63) is 29.8 Å². The lowest BCUT2D eigenvalue weighted by molar-refractivity contribution is -0.0317. The van der Waals surface area contributed by atoms with Crippen molar-refractivity contribution < 1.29 is 14.2 Å². The highest BCUT2D eigenvalue weighted by atomic mass is 16.5. The van der Waals surface area contributed by atoms with Crippen LogP contribution in [0.4, 0.5) is 0 Å². The molecule has 1 aromatic rings. The number of nitrogens with two attached hydrogens (primary N) is 1. The fourth-order valence-corrected chi connectivity index (χ4v) is 2.69. The van der Waals surface area contributed by atoms with Crippen molar-refractivity contribution in [3.8, 4) is 5.75 Å². The third-order valence-corrected chi connectivity index (χ3v) is 3.98. The van der Waals surface area contributed by atoms with E-state index >= 15 is 0 Å². The van der Waals surface area contributed by atoms with Crippen molar-refractivity contribution >= 4 is 0 Å². The zero-order valence-electron chi connectivity index (χ0n) is 12.9. The van der Waals surface area contributed by atoms with Gasteiger partial charge in [-0.05, 0) is 43.4 Å². The van der Waals surface area contributed by atoms with E-state index in [4.69, 9.17) is 19.9 Å². The lowest BCUT2D eigenvalue weighted by atomic mass is 9.95. The Labute approximate surface area is 127 Å². The topological polar surface area (TPSA) is 53.7 Å². The van der Waals surface area contributed by atoms with Crippen LogP contribution in [0.2, 0.25) is 0 Å². The highest BCUT2D eigenvalue weighted by molar-refractivity contribution is 5.26. The molecule has 1 aliphatic rings. The van der Waals surface area contributed by atoms with E-state index in [1.807, 2.05) is 24.3 Å². The highest BCUT2D eigenvalue weighted by Crippen LogP contribution is 2.23. The molecule has 0 aliphatic heterocycles. The number of benzene rings is 1. The molecule has 0 amide bonds. The second-order valence-corrected chi connectivity index (χ2v) is 5.57. The quantitative estimate of drug-likeness (QED) is 0.749. The average Bonchev–Trinajstić information content (AvgIpc) is 2.55. The molecule has 2 unspecified atom stereocenters. The molecule has 0 saturated heterocycles. The van der Waals surface area contributed by atoms with Gasteiger partial charge in [-0.15, -0.1) is 0 Å². The Balaban J connectivity index is 1.57. The van der Waals surface area contributed by atoms with Gasteiger partial charge in [0.2, 0.25) is 0 Å². The molecular weight excluding hydrogens is 266 g/mol. The lowest BCUT2D eigenvalue weighted by Crippen LogP contribution is -2.28. The number of rotatable bonds is 8. The molecule has 0 radical (unpaired) electrons. The Morgan fingerprint density at radius 1 is 1.10 bits per heavy atom. The maximum Gasteiger partial charge on any atom is 0.119 e. The molecule has 118 valence electrons. The standard InChI is InChI=1S/C17H27NO3/c1-19-16-4-2-5-17(12-16)21-11-3-10-20-15-8-6-14(13-18)7-9-15/h6-9,16-17H,2-5,10-13,18H2,1H3. The van der Waals surface area contributed by atoms with Gasteiger partial charge in [-0.2, -0.15) is 0 Å². The first-order valence-electron chi connectivity index (χ1n) is 7.88. The van der Waals surface area contributed by atoms with E-state index in [0.717, 1.165) is 43.6 Å². The van der Waals surface area contributed by atoms with Gasteiger partial charge in [0.15, 0.2) is 0 Å².